The van der Waals surface area contributed by atoms with Crippen molar-refractivity contribution in [3.63, 3.8) is 0 Å². The first-order valence-corrected chi connectivity index (χ1v) is 4.55. The van der Waals surface area contributed by atoms with E-state index in [1.165, 1.54) is 24.3 Å². The van der Waals surface area contributed by atoms with Gasteiger partial charge in [-0.25, -0.2) is 9.74 Å². The van der Waals surface area contributed by atoms with Crippen LogP contribution in [0.2, 0.25) is 0 Å². The van der Waals surface area contributed by atoms with Gasteiger partial charge in [0.25, 0.3) is 0 Å². The number of benzene rings is 1. The molecule has 1 aromatic carbocycles. The number of halogens is 4. The Balaban J connectivity index is 2.57. The Bertz CT molecular complexity index is 389. The molecule has 0 atom stereocenters. The average molecular weight is 252 g/mol. The van der Waals surface area contributed by atoms with E-state index in [1.807, 2.05) is 0 Å². The predicted molar refractivity (Wildman–Crippen MR) is 48.7 cm³/mol. The van der Waals surface area contributed by atoms with E-state index in [0.29, 0.717) is 5.56 Å². The van der Waals surface area contributed by atoms with E-state index in [2.05, 4.69) is 9.68 Å². The second-order valence-electron chi connectivity index (χ2n) is 3.11. The van der Waals surface area contributed by atoms with Crippen LogP contribution in [0.15, 0.2) is 24.3 Å². The lowest BCUT2D eigenvalue weighted by atomic mass is 10.1. The zero-order chi connectivity index (χ0) is 12.9. The maximum absolute atomic E-state index is 11.7. The molecular weight excluding hydrogens is 244 g/mol. The Labute approximate surface area is 93.8 Å². The molecule has 0 aromatic heterocycles. The molecule has 0 fully saturated rings. The van der Waals surface area contributed by atoms with Gasteiger partial charge in [0.15, 0.2) is 0 Å². The van der Waals surface area contributed by atoms with E-state index in [1.54, 1.807) is 0 Å². The van der Waals surface area contributed by atoms with Gasteiger partial charge in [0.2, 0.25) is 0 Å². The summed E-state index contributed by atoms with van der Waals surface area (Å²) in [5.41, 5.74) is 0.342. The van der Waals surface area contributed by atoms with Gasteiger partial charge < -0.3 is 0 Å². The highest BCUT2D eigenvalue weighted by molar-refractivity contribution is 5.89. The quantitative estimate of drug-likeness (QED) is 0.773. The Morgan fingerprint density at radius 3 is 2.59 bits per heavy atom. The molecule has 0 saturated heterocycles. The highest BCUT2D eigenvalue weighted by Gasteiger charge is 2.28. The molecule has 7 heteroatoms. The molecule has 0 heterocycles. The lowest BCUT2D eigenvalue weighted by Gasteiger charge is -2.07. The summed E-state index contributed by atoms with van der Waals surface area (Å²) in [6, 6.07) is 5.43. The van der Waals surface area contributed by atoms with Crippen molar-refractivity contribution in [2.45, 2.75) is 12.8 Å². The third-order valence-corrected chi connectivity index (χ3v) is 1.89. The molecule has 94 valence electrons. The second-order valence-corrected chi connectivity index (χ2v) is 3.11. The van der Waals surface area contributed by atoms with Crippen LogP contribution in [0.3, 0.4) is 0 Å². The Morgan fingerprint density at radius 1 is 1.29 bits per heavy atom. The van der Waals surface area contributed by atoms with Crippen molar-refractivity contribution in [3.8, 4) is 0 Å². The van der Waals surface area contributed by atoms with E-state index in [-0.39, 0.29) is 12.0 Å². The SMILES string of the molecule is O=C(OF)c1cccc(CCOC(F)(F)F)c1. The van der Waals surface area contributed by atoms with Crippen LogP contribution >= 0.6 is 0 Å². The normalized spacial score (nSPS) is 11.3. The third-order valence-electron chi connectivity index (χ3n) is 1.89. The van der Waals surface area contributed by atoms with Crippen molar-refractivity contribution in [2.75, 3.05) is 6.61 Å². The fourth-order valence-corrected chi connectivity index (χ4v) is 1.18. The number of hydrogen-bond donors (Lipinski definition) is 0. The minimum atomic E-state index is -4.69. The molecule has 0 spiro atoms. The first-order chi connectivity index (χ1) is 7.92. The second kappa shape index (κ2) is 5.62. The van der Waals surface area contributed by atoms with Crippen LogP contribution in [-0.2, 0) is 16.1 Å². The van der Waals surface area contributed by atoms with E-state index in [4.69, 9.17) is 0 Å². The number of carbonyl (C=O) groups is 1. The van der Waals surface area contributed by atoms with Gasteiger partial charge in [-0.2, -0.15) is 0 Å². The summed E-state index contributed by atoms with van der Waals surface area (Å²) < 4.78 is 50.2. The molecular formula is C10H8F4O3. The van der Waals surface area contributed by atoms with Gasteiger partial charge in [-0.1, -0.05) is 12.1 Å². The number of alkyl halides is 3. The number of ether oxygens (including phenoxy) is 1. The van der Waals surface area contributed by atoms with E-state index in [0.717, 1.165) is 0 Å². The highest BCUT2D eigenvalue weighted by Crippen LogP contribution is 2.17. The minimum absolute atomic E-state index is 0.0487. The van der Waals surface area contributed by atoms with Crippen molar-refractivity contribution < 1.29 is 32.2 Å². The van der Waals surface area contributed by atoms with Crippen molar-refractivity contribution in [2.24, 2.45) is 0 Å². The van der Waals surface area contributed by atoms with Crippen LogP contribution in [0, 0.1) is 0 Å². The van der Waals surface area contributed by atoms with Crippen molar-refractivity contribution >= 4 is 5.97 Å². The molecule has 0 amide bonds. The lowest BCUT2D eigenvalue weighted by molar-refractivity contribution is -0.324. The summed E-state index contributed by atoms with van der Waals surface area (Å²) in [7, 11) is 0. The zero-order valence-electron chi connectivity index (χ0n) is 8.46. The summed E-state index contributed by atoms with van der Waals surface area (Å²) in [6.45, 7) is -0.572. The highest BCUT2D eigenvalue weighted by atomic mass is 19.4. The summed E-state index contributed by atoms with van der Waals surface area (Å²) in [4.78, 5) is 13.8. The van der Waals surface area contributed by atoms with Gasteiger partial charge in [-0.15, -0.1) is 13.2 Å². The Kier molecular flexibility index (Phi) is 4.45. The van der Waals surface area contributed by atoms with Gasteiger partial charge in [-0.05, 0) is 24.1 Å². The summed E-state index contributed by atoms with van der Waals surface area (Å²) >= 11 is 0. The minimum Gasteiger partial charge on any atom is -0.292 e. The number of rotatable bonds is 4. The predicted octanol–water partition coefficient (Wildman–Crippen LogP) is 2.81. The molecule has 0 saturated carbocycles. The first-order valence-electron chi connectivity index (χ1n) is 4.55. The molecule has 0 aliphatic heterocycles. The maximum Gasteiger partial charge on any atom is 0.522 e. The lowest BCUT2D eigenvalue weighted by Crippen LogP contribution is -2.15. The Morgan fingerprint density at radius 2 is 2.00 bits per heavy atom. The van der Waals surface area contributed by atoms with Crippen molar-refractivity contribution in [1.82, 2.24) is 0 Å². The summed E-state index contributed by atoms with van der Waals surface area (Å²) in [5, 5.41) is 0. The molecule has 1 aromatic rings. The van der Waals surface area contributed by atoms with Crippen LogP contribution in [-0.4, -0.2) is 18.9 Å². The van der Waals surface area contributed by atoms with Gasteiger partial charge in [0.05, 0.1) is 12.2 Å². The average Bonchev–Trinajstić information content (AvgIpc) is 2.27. The van der Waals surface area contributed by atoms with Crippen molar-refractivity contribution in [1.29, 1.82) is 0 Å². The van der Waals surface area contributed by atoms with Crippen molar-refractivity contribution in [3.05, 3.63) is 35.4 Å². The molecule has 0 bridgehead atoms. The topological polar surface area (TPSA) is 35.5 Å². The van der Waals surface area contributed by atoms with Crippen LogP contribution in [0.5, 0.6) is 0 Å². The maximum atomic E-state index is 11.7. The van der Waals surface area contributed by atoms with Gasteiger partial charge in [0.1, 0.15) is 0 Å². The fourth-order valence-electron chi connectivity index (χ4n) is 1.18. The largest absolute Gasteiger partial charge is 0.522 e. The monoisotopic (exact) mass is 252 g/mol. The summed E-state index contributed by atoms with van der Waals surface area (Å²) in [5.74, 6) is -1.19. The Hall–Kier alpha value is -1.63. The number of hydrogen-bond acceptors (Lipinski definition) is 3. The standard InChI is InChI=1S/C10H8F4O3/c11-10(12,13)16-5-4-7-2-1-3-8(6-7)9(15)17-14/h1-3,6H,4-5H2. The molecule has 17 heavy (non-hydrogen) atoms. The first kappa shape index (κ1) is 13.4. The van der Waals surface area contributed by atoms with E-state index >= 15 is 0 Å². The third kappa shape index (κ3) is 4.81. The fraction of sp³-hybridized carbons (Fsp3) is 0.300. The molecule has 0 aliphatic carbocycles. The van der Waals surface area contributed by atoms with Crippen LogP contribution in [0.25, 0.3) is 0 Å². The van der Waals surface area contributed by atoms with Gasteiger partial charge in [0, 0.05) is 4.53 Å². The summed E-state index contributed by atoms with van der Waals surface area (Å²) in [6.07, 6.45) is -4.73. The molecule has 0 unspecified atom stereocenters. The van der Waals surface area contributed by atoms with Gasteiger partial charge >= 0.3 is 12.3 Å². The van der Waals surface area contributed by atoms with E-state index in [9.17, 15) is 22.5 Å². The molecule has 3 nitrogen and oxygen atoms in total. The van der Waals surface area contributed by atoms with Crippen LogP contribution < -0.4 is 0 Å². The van der Waals surface area contributed by atoms with Crippen LogP contribution in [0.4, 0.5) is 17.7 Å². The molecule has 0 aliphatic rings. The zero-order valence-corrected chi connectivity index (χ0v) is 8.46. The van der Waals surface area contributed by atoms with E-state index < -0.39 is 18.9 Å². The van der Waals surface area contributed by atoms with Crippen LogP contribution in [0.1, 0.15) is 15.9 Å². The van der Waals surface area contributed by atoms with Gasteiger partial charge in [-0.3, -0.25) is 4.74 Å². The number of carbonyl (C=O) groups excluding carboxylic acids is 1. The smallest absolute Gasteiger partial charge is 0.292 e. The molecule has 0 N–H and O–H groups in total. The molecule has 0 radical (unpaired) electrons. The molecule has 1 rings (SSSR count).